The average Bonchev–Trinajstić information content (AvgIpc) is 3.09. The Labute approximate surface area is 196 Å². The molecule has 3 nitrogen and oxygen atoms in total. The first kappa shape index (κ1) is 24.0. The number of hydrogen-bond acceptors (Lipinski definition) is 3. The van der Waals surface area contributed by atoms with E-state index in [2.05, 4.69) is 51.9 Å². The minimum Gasteiger partial charge on any atom is -0.318 e. The molecule has 3 heteroatoms. The molecule has 0 amide bonds. The van der Waals surface area contributed by atoms with Crippen LogP contribution in [0.25, 0.3) is 0 Å². The minimum absolute atomic E-state index is 0.278. The van der Waals surface area contributed by atoms with Crippen molar-refractivity contribution in [3.63, 3.8) is 0 Å². The number of nitrogens with zero attached hydrogens (tertiary/aromatic N) is 1. The predicted octanol–water partition coefficient (Wildman–Crippen LogP) is 7.80. The van der Waals surface area contributed by atoms with Gasteiger partial charge < -0.3 is 4.84 Å². The maximum Gasteiger partial charge on any atom is 0.331 e. The number of hydrogen-bond donors (Lipinski definition) is 0. The van der Waals surface area contributed by atoms with Crippen molar-refractivity contribution in [3.8, 4) is 0 Å². The van der Waals surface area contributed by atoms with Crippen molar-refractivity contribution in [2.24, 2.45) is 57.4 Å². The second-order valence-electron chi connectivity index (χ2n) is 12.8. The number of carbonyl (C=O) groups is 1. The van der Waals surface area contributed by atoms with Crippen molar-refractivity contribution >= 4 is 11.7 Å². The highest BCUT2D eigenvalue weighted by atomic mass is 16.7. The molecule has 4 aliphatic carbocycles. The number of allylic oxidation sites excluding steroid dienone is 2. The molecule has 3 saturated carbocycles. The molecule has 0 N–H and O–H groups in total. The van der Waals surface area contributed by atoms with E-state index in [0.29, 0.717) is 11.3 Å². The summed E-state index contributed by atoms with van der Waals surface area (Å²) in [5.74, 6) is 5.56. The maximum absolute atomic E-state index is 11.2. The summed E-state index contributed by atoms with van der Waals surface area (Å²) in [7, 11) is 0. The fourth-order valence-electron chi connectivity index (χ4n) is 8.86. The molecule has 0 radical (unpaired) electrons. The van der Waals surface area contributed by atoms with Gasteiger partial charge in [0.2, 0.25) is 0 Å². The van der Waals surface area contributed by atoms with Crippen molar-refractivity contribution in [3.05, 3.63) is 12.2 Å². The third-order valence-electron chi connectivity index (χ3n) is 10.5. The summed E-state index contributed by atoms with van der Waals surface area (Å²) in [4.78, 5) is 16.1. The van der Waals surface area contributed by atoms with Gasteiger partial charge >= 0.3 is 5.97 Å². The third kappa shape index (κ3) is 4.34. The first-order chi connectivity index (χ1) is 15.1. The van der Waals surface area contributed by atoms with Gasteiger partial charge in [-0.1, -0.05) is 65.1 Å². The SMILES string of the molecule is CC(=O)O/N=C1/C=C[C@@]2(C)[C@@H](CC[C@@H]3[C@@H]2CC[C@]2(C)[C@@H]([C@H](C)CCCC(C)C)CC[C@@H]32)C1. The van der Waals surface area contributed by atoms with Crippen LogP contribution < -0.4 is 0 Å². The second kappa shape index (κ2) is 9.26. The standard InChI is InChI=1S/C29H47NO2/c1-19(2)8-7-9-20(3)25-12-13-26-24-11-10-22-18-23(30-32-21(4)31)14-16-28(22,5)27(24)15-17-29(25,26)6/h14,16,19-20,22,24-27H,7-13,15,17-18H2,1-6H3/b30-23-/t20-,22+,24+,25-,26+,27+,28+,29-/m1/s1. The van der Waals surface area contributed by atoms with Crippen LogP contribution in [0.3, 0.4) is 0 Å². The van der Waals surface area contributed by atoms with Crippen LogP contribution in [0.4, 0.5) is 0 Å². The van der Waals surface area contributed by atoms with Gasteiger partial charge in [0.05, 0.1) is 5.71 Å². The Morgan fingerprint density at radius 3 is 2.59 bits per heavy atom. The lowest BCUT2D eigenvalue weighted by Crippen LogP contribution is -2.52. The van der Waals surface area contributed by atoms with E-state index in [1.807, 2.05) is 0 Å². The topological polar surface area (TPSA) is 38.7 Å². The minimum atomic E-state index is -0.330. The van der Waals surface area contributed by atoms with Crippen LogP contribution in [-0.4, -0.2) is 11.7 Å². The fourth-order valence-corrected chi connectivity index (χ4v) is 8.86. The molecular formula is C29H47NO2. The van der Waals surface area contributed by atoms with E-state index >= 15 is 0 Å². The highest BCUT2D eigenvalue weighted by Crippen LogP contribution is 2.67. The molecule has 0 aliphatic heterocycles. The number of carbonyl (C=O) groups excluding carboxylic acids is 1. The zero-order chi connectivity index (χ0) is 23.1. The Kier molecular flexibility index (Phi) is 6.95. The van der Waals surface area contributed by atoms with Crippen molar-refractivity contribution in [2.45, 2.75) is 106 Å². The zero-order valence-corrected chi connectivity index (χ0v) is 21.5. The fraction of sp³-hybridized carbons (Fsp3) is 0.862. The average molecular weight is 442 g/mol. The van der Waals surface area contributed by atoms with Crippen LogP contribution in [-0.2, 0) is 9.63 Å². The molecule has 4 aliphatic rings. The van der Waals surface area contributed by atoms with E-state index in [-0.39, 0.29) is 11.4 Å². The van der Waals surface area contributed by atoms with Crippen LogP contribution in [0.15, 0.2) is 17.3 Å². The molecule has 4 rings (SSSR count). The molecule has 0 aromatic rings. The summed E-state index contributed by atoms with van der Waals surface area (Å²) in [5, 5.41) is 4.12. The molecule has 32 heavy (non-hydrogen) atoms. The lowest BCUT2D eigenvalue weighted by Gasteiger charge is -2.59. The number of fused-ring (bicyclic) bond motifs is 5. The molecule has 0 bridgehead atoms. The molecule has 3 fully saturated rings. The summed E-state index contributed by atoms with van der Waals surface area (Å²) < 4.78 is 0. The zero-order valence-electron chi connectivity index (χ0n) is 21.5. The summed E-state index contributed by atoms with van der Waals surface area (Å²) >= 11 is 0. The van der Waals surface area contributed by atoms with Crippen LogP contribution >= 0.6 is 0 Å². The van der Waals surface area contributed by atoms with Gasteiger partial charge in [-0.15, -0.1) is 0 Å². The van der Waals surface area contributed by atoms with Gasteiger partial charge in [0.1, 0.15) is 0 Å². The Morgan fingerprint density at radius 1 is 1.09 bits per heavy atom. The summed E-state index contributed by atoms with van der Waals surface area (Å²) in [5.41, 5.74) is 1.78. The van der Waals surface area contributed by atoms with E-state index in [0.717, 1.165) is 47.6 Å². The predicted molar refractivity (Wildman–Crippen MR) is 132 cm³/mol. The molecule has 8 atom stereocenters. The van der Waals surface area contributed by atoms with E-state index in [1.165, 1.54) is 64.7 Å². The Morgan fingerprint density at radius 2 is 1.88 bits per heavy atom. The quantitative estimate of drug-likeness (QED) is 0.311. The van der Waals surface area contributed by atoms with E-state index < -0.39 is 0 Å². The van der Waals surface area contributed by atoms with Crippen LogP contribution in [0.5, 0.6) is 0 Å². The lowest BCUT2D eigenvalue weighted by atomic mass is 9.45. The summed E-state index contributed by atoms with van der Waals surface area (Å²) in [6.45, 7) is 13.9. The highest BCUT2D eigenvalue weighted by molar-refractivity contribution is 5.96. The van der Waals surface area contributed by atoms with Crippen molar-refractivity contribution < 1.29 is 9.63 Å². The van der Waals surface area contributed by atoms with Crippen molar-refractivity contribution in [1.29, 1.82) is 0 Å². The van der Waals surface area contributed by atoms with Crippen LogP contribution in [0.1, 0.15) is 106 Å². The normalized spacial score (nSPS) is 43.0. The number of rotatable bonds is 6. The molecule has 0 saturated heterocycles. The first-order valence-electron chi connectivity index (χ1n) is 13.6. The number of oxime groups is 1. The highest BCUT2D eigenvalue weighted by Gasteiger charge is 2.59. The van der Waals surface area contributed by atoms with E-state index in [9.17, 15) is 4.79 Å². The molecule has 0 aromatic heterocycles. The van der Waals surface area contributed by atoms with Crippen LogP contribution in [0, 0.1) is 52.3 Å². The van der Waals surface area contributed by atoms with Gasteiger partial charge in [-0.25, -0.2) is 4.79 Å². The lowest BCUT2D eigenvalue weighted by molar-refractivity contribution is -0.141. The Hall–Kier alpha value is -1.12. The molecule has 0 spiro atoms. The molecule has 0 aromatic carbocycles. The third-order valence-corrected chi connectivity index (χ3v) is 10.5. The van der Waals surface area contributed by atoms with Crippen molar-refractivity contribution in [1.82, 2.24) is 0 Å². The van der Waals surface area contributed by atoms with Crippen molar-refractivity contribution in [2.75, 3.05) is 0 Å². The molecular weight excluding hydrogens is 394 g/mol. The summed E-state index contributed by atoms with van der Waals surface area (Å²) in [6, 6.07) is 0. The Balaban J connectivity index is 1.47. The Bertz CT molecular complexity index is 754. The summed E-state index contributed by atoms with van der Waals surface area (Å²) in [6.07, 6.45) is 18.2. The van der Waals surface area contributed by atoms with Gasteiger partial charge in [-0.3, -0.25) is 0 Å². The molecule has 180 valence electrons. The largest absolute Gasteiger partial charge is 0.331 e. The second-order valence-corrected chi connectivity index (χ2v) is 12.8. The van der Waals surface area contributed by atoms with Gasteiger partial charge in [0.25, 0.3) is 0 Å². The molecule has 0 unspecified atom stereocenters. The van der Waals surface area contributed by atoms with Gasteiger partial charge in [0, 0.05) is 6.92 Å². The van der Waals surface area contributed by atoms with E-state index in [4.69, 9.17) is 4.84 Å². The monoisotopic (exact) mass is 441 g/mol. The molecule has 0 heterocycles. The maximum atomic E-state index is 11.2. The van der Waals surface area contributed by atoms with Gasteiger partial charge in [-0.2, -0.15) is 0 Å². The van der Waals surface area contributed by atoms with E-state index in [1.54, 1.807) is 0 Å². The smallest absolute Gasteiger partial charge is 0.318 e. The van der Waals surface area contributed by atoms with Gasteiger partial charge in [-0.05, 0) is 103 Å². The first-order valence-corrected chi connectivity index (χ1v) is 13.6. The van der Waals surface area contributed by atoms with Gasteiger partial charge in [0.15, 0.2) is 0 Å². The van der Waals surface area contributed by atoms with Crippen LogP contribution in [0.2, 0.25) is 0 Å².